The number of aromatic carboxylic acids is 1. The van der Waals surface area contributed by atoms with E-state index in [0.717, 1.165) is 15.7 Å². The number of aromatic nitrogens is 1. The maximum absolute atomic E-state index is 10.6. The van der Waals surface area contributed by atoms with Crippen LogP contribution >= 0.6 is 15.9 Å². The van der Waals surface area contributed by atoms with Gasteiger partial charge in [0.05, 0.1) is 6.54 Å². The summed E-state index contributed by atoms with van der Waals surface area (Å²) in [6.45, 7) is 2.37. The van der Waals surface area contributed by atoms with Gasteiger partial charge in [-0.2, -0.15) is 0 Å². The topological polar surface area (TPSA) is 75.4 Å². The highest BCUT2D eigenvalue weighted by molar-refractivity contribution is 9.10. The fourth-order valence-corrected chi connectivity index (χ4v) is 1.84. The molecule has 0 aliphatic heterocycles. The number of halogens is 1. The van der Waals surface area contributed by atoms with E-state index in [1.165, 1.54) is 6.07 Å². The standard InChI is InChI=1S/C12H11BrN2O3/c1-7-9(13)3-2-4-10(7)14-6-8-5-11(12(16)17)15-18-8/h2-5,14H,6H2,1H3,(H,16,17). The smallest absolute Gasteiger partial charge is 0.358 e. The molecule has 0 saturated heterocycles. The van der Waals surface area contributed by atoms with Gasteiger partial charge < -0.3 is 14.9 Å². The first-order valence-corrected chi connectivity index (χ1v) is 6.05. The number of nitrogens with one attached hydrogen (secondary N) is 1. The maximum Gasteiger partial charge on any atom is 0.358 e. The Morgan fingerprint density at radius 3 is 3.00 bits per heavy atom. The quantitative estimate of drug-likeness (QED) is 0.907. The summed E-state index contributed by atoms with van der Waals surface area (Å²) in [4.78, 5) is 10.6. The number of benzene rings is 1. The molecule has 0 bridgehead atoms. The summed E-state index contributed by atoms with van der Waals surface area (Å²) in [5.74, 6) is -0.615. The molecule has 1 aromatic heterocycles. The highest BCUT2D eigenvalue weighted by Crippen LogP contribution is 2.23. The van der Waals surface area contributed by atoms with Crippen LogP contribution < -0.4 is 5.32 Å². The lowest BCUT2D eigenvalue weighted by Crippen LogP contribution is -2.00. The number of carboxylic acids is 1. The van der Waals surface area contributed by atoms with Gasteiger partial charge in [0.2, 0.25) is 0 Å². The van der Waals surface area contributed by atoms with E-state index in [1.54, 1.807) is 0 Å². The Bertz CT molecular complexity index is 580. The lowest BCUT2D eigenvalue weighted by Gasteiger charge is -2.08. The maximum atomic E-state index is 10.6. The zero-order chi connectivity index (χ0) is 13.1. The van der Waals surface area contributed by atoms with Crippen molar-refractivity contribution in [2.45, 2.75) is 13.5 Å². The van der Waals surface area contributed by atoms with Crippen molar-refractivity contribution in [2.24, 2.45) is 0 Å². The first-order chi connectivity index (χ1) is 8.58. The third kappa shape index (κ3) is 2.70. The molecule has 0 fully saturated rings. The molecule has 2 rings (SSSR count). The Labute approximate surface area is 112 Å². The number of rotatable bonds is 4. The van der Waals surface area contributed by atoms with Crippen molar-refractivity contribution in [3.05, 3.63) is 45.8 Å². The summed E-state index contributed by atoms with van der Waals surface area (Å²) in [5.41, 5.74) is 1.95. The molecular weight excluding hydrogens is 300 g/mol. The molecule has 0 radical (unpaired) electrons. The highest BCUT2D eigenvalue weighted by Gasteiger charge is 2.10. The van der Waals surface area contributed by atoms with Crippen LogP contribution in [0.1, 0.15) is 21.8 Å². The van der Waals surface area contributed by atoms with Gasteiger partial charge in [-0.05, 0) is 24.6 Å². The van der Waals surface area contributed by atoms with Gasteiger partial charge in [0.1, 0.15) is 0 Å². The van der Waals surface area contributed by atoms with E-state index in [1.807, 2.05) is 25.1 Å². The number of anilines is 1. The summed E-state index contributed by atoms with van der Waals surface area (Å²) in [6.07, 6.45) is 0. The van der Waals surface area contributed by atoms with Crippen LogP contribution in [-0.4, -0.2) is 16.2 Å². The summed E-state index contributed by atoms with van der Waals surface area (Å²) in [6, 6.07) is 7.22. The van der Waals surface area contributed by atoms with Gasteiger partial charge in [0.25, 0.3) is 0 Å². The van der Waals surface area contributed by atoms with Crippen molar-refractivity contribution >= 4 is 27.6 Å². The van der Waals surface area contributed by atoms with Crippen LogP contribution in [0.4, 0.5) is 5.69 Å². The van der Waals surface area contributed by atoms with Crippen molar-refractivity contribution in [1.29, 1.82) is 0 Å². The number of carboxylic acid groups (broad SMARTS) is 1. The predicted octanol–water partition coefficient (Wildman–Crippen LogP) is 3.06. The molecule has 0 saturated carbocycles. The molecule has 5 nitrogen and oxygen atoms in total. The highest BCUT2D eigenvalue weighted by atomic mass is 79.9. The first kappa shape index (κ1) is 12.6. The minimum atomic E-state index is -1.09. The number of carbonyl (C=O) groups is 1. The van der Waals surface area contributed by atoms with E-state index < -0.39 is 5.97 Å². The molecule has 6 heteroatoms. The molecule has 2 N–H and O–H groups in total. The van der Waals surface area contributed by atoms with Crippen LogP contribution in [0.15, 0.2) is 33.3 Å². The van der Waals surface area contributed by atoms with E-state index in [0.29, 0.717) is 12.3 Å². The van der Waals surface area contributed by atoms with E-state index in [4.69, 9.17) is 9.63 Å². The average Bonchev–Trinajstić information content (AvgIpc) is 2.80. The zero-order valence-corrected chi connectivity index (χ0v) is 11.2. The van der Waals surface area contributed by atoms with Crippen LogP contribution in [0.3, 0.4) is 0 Å². The van der Waals surface area contributed by atoms with Gasteiger partial charge >= 0.3 is 5.97 Å². The summed E-state index contributed by atoms with van der Waals surface area (Å²) in [7, 11) is 0. The van der Waals surface area contributed by atoms with E-state index in [-0.39, 0.29) is 5.69 Å². The van der Waals surface area contributed by atoms with Crippen molar-refractivity contribution in [2.75, 3.05) is 5.32 Å². The van der Waals surface area contributed by atoms with Gasteiger partial charge in [0, 0.05) is 16.2 Å². The van der Waals surface area contributed by atoms with Crippen LogP contribution in [0.5, 0.6) is 0 Å². The molecule has 0 aliphatic rings. The number of nitrogens with zero attached hydrogens (tertiary/aromatic N) is 1. The Hall–Kier alpha value is -1.82. The average molecular weight is 311 g/mol. The predicted molar refractivity (Wildman–Crippen MR) is 69.7 cm³/mol. The molecule has 2 aromatic rings. The normalized spacial score (nSPS) is 10.3. The fourth-order valence-electron chi connectivity index (χ4n) is 1.48. The van der Waals surface area contributed by atoms with Crippen molar-refractivity contribution < 1.29 is 14.4 Å². The third-order valence-corrected chi connectivity index (χ3v) is 3.36. The lowest BCUT2D eigenvalue weighted by atomic mass is 10.2. The molecule has 0 unspecified atom stereocenters. The van der Waals surface area contributed by atoms with Gasteiger partial charge in [0.15, 0.2) is 11.5 Å². The Balaban J connectivity index is 2.07. The molecule has 0 atom stereocenters. The Morgan fingerprint density at radius 2 is 2.33 bits per heavy atom. The summed E-state index contributed by atoms with van der Waals surface area (Å²) < 4.78 is 5.92. The zero-order valence-electron chi connectivity index (χ0n) is 9.61. The second-order valence-corrected chi connectivity index (χ2v) is 4.60. The summed E-state index contributed by atoms with van der Waals surface area (Å²) >= 11 is 3.44. The number of hydrogen-bond donors (Lipinski definition) is 2. The third-order valence-electron chi connectivity index (χ3n) is 2.50. The second-order valence-electron chi connectivity index (χ2n) is 3.75. The molecule has 0 aliphatic carbocycles. The van der Waals surface area contributed by atoms with E-state index >= 15 is 0 Å². The van der Waals surface area contributed by atoms with Crippen LogP contribution in [0.25, 0.3) is 0 Å². The van der Waals surface area contributed by atoms with Crippen molar-refractivity contribution in [3.8, 4) is 0 Å². The minimum absolute atomic E-state index is 0.0854. The van der Waals surface area contributed by atoms with E-state index in [9.17, 15) is 4.79 Å². The second kappa shape index (κ2) is 5.22. The van der Waals surface area contributed by atoms with Crippen molar-refractivity contribution in [3.63, 3.8) is 0 Å². The molecule has 1 aromatic carbocycles. The van der Waals surface area contributed by atoms with Gasteiger partial charge in [-0.15, -0.1) is 0 Å². The van der Waals surface area contributed by atoms with Crippen molar-refractivity contribution in [1.82, 2.24) is 5.16 Å². The molecule has 94 valence electrons. The number of hydrogen-bond acceptors (Lipinski definition) is 4. The molecule has 1 heterocycles. The van der Waals surface area contributed by atoms with Gasteiger partial charge in [-0.25, -0.2) is 4.79 Å². The fraction of sp³-hybridized carbons (Fsp3) is 0.167. The first-order valence-electron chi connectivity index (χ1n) is 5.26. The van der Waals surface area contributed by atoms with Gasteiger partial charge in [-0.1, -0.05) is 27.2 Å². The van der Waals surface area contributed by atoms with E-state index in [2.05, 4.69) is 26.4 Å². The monoisotopic (exact) mass is 310 g/mol. The lowest BCUT2D eigenvalue weighted by molar-refractivity contribution is 0.0685. The SMILES string of the molecule is Cc1c(Br)cccc1NCc1cc(C(=O)O)no1. The van der Waals surface area contributed by atoms with Gasteiger partial charge in [-0.3, -0.25) is 0 Å². The molecule has 0 spiro atoms. The molecule has 18 heavy (non-hydrogen) atoms. The molecule has 0 amide bonds. The largest absolute Gasteiger partial charge is 0.476 e. The van der Waals surface area contributed by atoms with Crippen LogP contribution in [0, 0.1) is 6.92 Å². The minimum Gasteiger partial charge on any atom is -0.476 e. The molecular formula is C12H11BrN2O3. The van der Waals surface area contributed by atoms with Crippen LogP contribution in [-0.2, 0) is 6.54 Å². The van der Waals surface area contributed by atoms with Crippen LogP contribution in [0.2, 0.25) is 0 Å². The summed E-state index contributed by atoms with van der Waals surface area (Å²) in [5, 5.41) is 15.3. The Morgan fingerprint density at radius 1 is 1.56 bits per heavy atom. The Kier molecular flexibility index (Phi) is 3.66.